The monoisotopic (exact) mass is 266 g/mol. The number of nitrogens with zero attached hydrogens (tertiary/aromatic N) is 4. The smallest absolute Gasteiger partial charge is 0.325 e. The summed E-state index contributed by atoms with van der Waals surface area (Å²) < 4.78 is 1.16. The van der Waals surface area contributed by atoms with Crippen molar-refractivity contribution in [3.63, 3.8) is 0 Å². The van der Waals surface area contributed by atoms with Crippen LogP contribution in [-0.4, -0.2) is 50.0 Å². The normalized spacial score (nSPS) is 23.4. The number of hydrogen-bond acceptors (Lipinski definition) is 4. The fourth-order valence-electron chi connectivity index (χ4n) is 2.22. The van der Waals surface area contributed by atoms with Crippen LogP contribution >= 0.6 is 0 Å². The van der Waals surface area contributed by atoms with Crippen LogP contribution in [0, 0.1) is 11.8 Å². The van der Waals surface area contributed by atoms with Gasteiger partial charge in [0.05, 0.1) is 6.20 Å². The van der Waals surface area contributed by atoms with Crippen LogP contribution in [0.2, 0.25) is 0 Å². The van der Waals surface area contributed by atoms with Gasteiger partial charge in [0, 0.05) is 13.1 Å². The minimum absolute atomic E-state index is 0.171. The number of hydrogen-bond donors (Lipinski definition) is 1. The Morgan fingerprint density at radius 3 is 2.79 bits per heavy atom. The minimum Gasteiger partial charge on any atom is -0.480 e. The summed E-state index contributed by atoms with van der Waals surface area (Å²) in [4.78, 5) is 24.5. The molecule has 1 amide bonds. The van der Waals surface area contributed by atoms with Crippen molar-refractivity contribution in [1.29, 1.82) is 0 Å². The number of carbonyl (C=O) groups excluding carboxylic acids is 1. The van der Waals surface area contributed by atoms with Crippen molar-refractivity contribution >= 4 is 11.9 Å². The van der Waals surface area contributed by atoms with Crippen LogP contribution in [0.3, 0.4) is 0 Å². The van der Waals surface area contributed by atoms with Crippen LogP contribution < -0.4 is 0 Å². The minimum atomic E-state index is -1.01. The first-order chi connectivity index (χ1) is 8.97. The molecule has 1 aromatic heterocycles. The highest BCUT2D eigenvalue weighted by atomic mass is 16.4. The van der Waals surface area contributed by atoms with Gasteiger partial charge in [-0.15, -0.1) is 5.10 Å². The summed E-state index contributed by atoms with van der Waals surface area (Å²) in [5.41, 5.74) is 0.211. The zero-order chi connectivity index (χ0) is 14.0. The fraction of sp³-hybridized carbons (Fsp3) is 0.667. The summed E-state index contributed by atoms with van der Waals surface area (Å²) in [5, 5.41) is 16.0. The molecule has 7 nitrogen and oxygen atoms in total. The van der Waals surface area contributed by atoms with Crippen molar-refractivity contribution in [2.75, 3.05) is 13.1 Å². The Hall–Kier alpha value is -1.92. The van der Waals surface area contributed by atoms with Crippen LogP contribution in [0.15, 0.2) is 6.20 Å². The summed E-state index contributed by atoms with van der Waals surface area (Å²) in [6, 6.07) is 0. The molecule has 1 aromatic rings. The molecular weight excluding hydrogens is 248 g/mol. The summed E-state index contributed by atoms with van der Waals surface area (Å²) >= 11 is 0. The van der Waals surface area contributed by atoms with Crippen LogP contribution in [0.4, 0.5) is 0 Å². The average Bonchev–Trinajstić information content (AvgIpc) is 2.79. The van der Waals surface area contributed by atoms with Gasteiger partial charge >= 0.3 is 5.97 Å². The molecule has 0 spiro atoms. The lowest BCUT2D eigenvalue weighted by Gasteiger charge is -2.34. The molecule has 0 radical (unpaired) electrons. The lowest BCUT2D eigenvalue weighted by molar-refractivity contribution is -0.137. The molecule has 2 atom stereocenters. The Morgan fingerprint density at radius 2 is 2.16 bits per heavy atom. The van der Waals surface area contributed by atoms with Gasteiger partial charge in [-0.25, -0.2) is 4.68 Å². The van der Waals surface area contributed by atoms with E-state index in [9.17, 15) is 9.59 Å². The molecule has 1 saturated heterocycles. The average molecular weight is 266 g/mol. The van der Waals surface area contributed by atoms with Gasteiger partial charge in [-0.1, -0.05) is 19.1 Å². The van der Waals surface area contributed by atoms with Crippen LogP contribution in [0.5, 0.6) is 0 Å². The fourth-order valence-corrected chi connectivity index (χ4v) is 2.22. The highest BCUT2D eigenvalue weighted by Gasteiger charge is 2.27. The third-order valence-electron chi connectivity index (χ3n) is 3.68. The SMILES string of the molecule is CC1CCN(C(=O)c2cn(CC(=O)O)nn2)CC1C. The van der Waals surface area contributed by atoms with Crippen molar-refractivity contribution in [3.8, 4) is 0 Å². The van der Waals surface area contributed by atoms with Gasteiger partial charge in [0.1, 0.15) is 6.54 Å². The van der Waals surface area contributed by atoms with Gasteiger partial charge in [0.25, 0.3) is 5.91 Å². The molecule has 1 fully saturated rings. The first kappa shape index (κ1) is 13.5. The van der Waals surface area contributed by atoms with E-state index in [2.05, 4.69) is 24.2 Å². The molecule has 0 aliphatic carbocycles. The van der Waals surface area contributed by atoms with Gasteiger partial charge in [0.15, 0.2) is 5.69 Å². The molecule has 2 heterocycles. The third-order valence-corrected chi connectivity index (χ3v) is 3.68. The van der Waals surface area contributed by atoms with Gasteiger partial charge in [-0.2, -0.15) is 0 Å². The van der Waals surface area contributed by atoms with E-state index in [1.807, 2.05) is 0 Å². The molecular formula is C12H18N4O3. The van der Waals surface area contributed by atoms with Crippen molar-refractivity contribution in [2.24, 2.45) is 11.8 Å². The summed E-state index contributed by atoms with van der Waals surface area (Å²) in [6.45, 7) is 5.47. The lowest BCUT2D eigenvalue weighted by Crippen LogP contribution is -2.42. The second-order valence-electron chi connectivity index (χ2n) is 5.19. The maximum absolute atomic E-state index is 12.2. The molecule has 2 rings (SSSR count). The lowest BCUT2D eigenvalue weighted by atomic mass is 9.88. The van der Waals surface area contributed by atoms with E-state index in [-0.39, 0.29) is 18.1 Å². The first-order valence-corrected chi connectivity index (χ1v) is 6.38. The van der Waals surface area contributed by atoms with Crippen LogP contribution in [-0.2, 0) is 11.3 Å². The molecule has 2 unspecified atom stereocenters. The van der Waals surface area contributed by atoms with Crippen molar-refractivity contribution < 1.29 is 14.7 Å². The van der Waals surface area contributed by atoms with Gasteiger partial charge in [-0.3, -0.25) is 9.59 Å². The predicted octanol–water partition coefficient (Wildman–Crippen LogP) is 0.481. The molecule has 1 aliphatic heterocycles. The van der Waals surface area contributed by atoms with E-state index in [0.29, 0.717) is 18.4 Å². The van der Waals surface area contributed by atoms with Crippen molar-refractivity contribution in [3.05, 3.63) is 11.9 Å². The van der Waals surface area contributed by atoms with Crippen molar-refractivity contribution in [2.45, 2.75) is 26.8 Å². The molecule has 0 aromatic carbocycles. The van der Waals surface area contributed by atoms with Crippen LogP contribution in [0.25, 0.3) is 0 Å². The number of carbonyl (C=O) groups is 2. The van der Waals surface area contributed by atoms with Gasteiger partial charge in [0.2, 0.25) is 0 Å². The zero-order valence-corrected chi connectivity index (χ0v) is 11.1. The Kier molecular flexibility index (Phi) is 3.82. The summed E-state index contributed by atoms with van der Waals surface area (Å²) in [7, 11) is 0. The Morgan fingerprint density at radius 1 is 1.42 bits per heavy atom. The maximum atomic E-state index is 12.2. The molecule has 104 valence electrons. The number of rotatable bonds is 3. The van der Waals surface area contributed by atoms with E-state index in [4.69, 9.17) is 5.11 Å². The van der Waals surface area contributed by atoms with E-state index >= 15 is 0 Å². The second-order valence-corrected chi connectivity index (χ2v) is 5.19. The topological polar surface area (TPSA) is 88.3 Å². The standard InChI is InChI=1S/C12H18N4O3/c1-8-3-4-15(5-9(8)2)12(19)10-6-16(14-13-10)7-11(17)18/h6,8-9H,3-5,7H2,1-2H3,(H,17,18). The quantitative estimate of drug-likeness (QED) is 0.859. The number of aromatic nitrogens is 3. The number of carboxylic acids is 1. The highest BCUT2D eigenvalue weighted by Crippen LogP contribution is 2.23. The summed E-state index contributed by atoms with van der Waals surface area (Å²) in [6.07, 6.45) is 2.37. The molecule has 19 heavy (non-hydrogen) atoms. The van der Waals surface area contributed by atoms with E-state index < -0.39 is 5.97 Å². The summed E-state index contributed by atoms with van der Waals surface area (Å²) in [5.74, 6) is -0.0989. The highest BCUT2D eigenvalue weighted by molar-refractivity contribution is 5.92. The third kappa shape index (κ3) is 3.10. The Labute approximate surface area is 111 Å². The molecule has 1 aliphatic rings. The predicted molar refractivity (Wildman–Crippen MR) is 66.5 cm³/mol. The first-order valence-electron chi connectivity index (χ1n) is 6.38. The maximum Gasteiger partial charge on any atom is 0.325 e. The zero-order valence-electron chi connectivity index (χ0n) is 11.1. The van der Waals surface area contributed by atoms with Gasteiger partial charge in [-0.05, 0) is 18.3 Å². The number of carboxylic acid groups (broad SMARTS) is 1. The number of amides is 1. The van der Waals surface area contributed by atoms with Crippen LogP contribution in [0.1, 0.15) is 30.8 Å². The molecule has 1 N–H and O–H groups in total. The number of piperidine rings is 1. The number of aliphatic carboxylic acids is 1. The van der Waals surface area contributed by atoms with E-state index in [0.717, 1.165) is 17.6 Å². The second kappa shape index (κ2) is 5.38. The van der Waals surface area contributed by atoms with Crippen molar-refractivity contribution in [1.82, 2.24) is 19.9 Å². The number of likely N-dealkylation sites (tertiary alicyclic amines) is 1. The Bertz CT molecular complexity index is 485. The molecule has 0 bridgehead atoms. The van der Waals surface area contributed by atoms with E-state index in [1.165, 1.54) is 6.20 Å². The Balaban J connectivity index is 2.03. The van der Waals surface area contributed by atoms with E-state index in [1.54, 1.807) is 4.90 Å². The molecule has 0 saturated carbocycles. The molecule has 7 heteroatoms. The largest absolute Gasteiger partial charge is 0.480 e. The van der Waals surface area contributed by atoms with Gasteiger partial charge < -0.3 is 10.0 Å².